The van der Waals surface area contributed by atoms with Crippen molar-refractivity contribution in [2.24, 2.45) is 16.1 Å². The molecule has 22 heavy (non-hydrogen) atoms. The van der Waals surface area contributed by atoms with Gasteiger partial charge in [0.2, 0.25) is 5.91 Å². The molecule has 1 aliphatic heterocycles. The number of para-hydroxylation sites is 1. The second kappa shape index (κ2) is 7.80. The first-order valence-corrected chi connectivity index (χ1v) is 7.39. The first-order valence-electron chi connectivity index (χ1n) is 7.39. The molecule has 5 nitrogen and oxygen atoms in total. The summed E-state index contributed by atoms with van der Waals surface area (Å²) in [6.07, 6.45) is 1.01. The lowest BCUT2D eigenvalue weighted by atomic mass is 9.93. The molecular formula is C16H25IN4O. The lowest BCUT2D eigenvalue weighted by molar-refractivity contribution is -0.125. The molecule has 0 saturated heterocycles. The molecule has 0 spiro atoms. The maximum absolute atomic E-state index is 11.4. The van der Waals surface area contributed by atoms with Gasteiger partial charge in [0.25, 0.3) is 0 Å². The third-order valence-corrected chi connectivity index (χ3v) is 3.77. The lowest BCUT2D eigenvalue weighted by Crippen LogP contribution is -2.42. The third kappa shape index (κ3) is 4.12. The van der Waals surface area contributed by atoms with Crippen LogP contribution in [0.25, 0.3) is 0 Å². The van der Waals surface area contributed by atoms with Gasteiger partial charge in [-0.25, -0.2) is 0 Å². The van der Waals surface area contributed by atoms with Gasteiger partial charge < -0.3 is 16.0 Å². The minimum atomic E-state index is -0.639. The number of amides is 1. The fourth-order valence-corrected chi connectivity index (χ4v) is 2.30. The van der Waals surface area contributed by atoms with Crippen LogP contribution in [0.2, 0.25) is 0 Å². The first kappa shape index (κ1) is 18.7. The number of rotatable bonds is 4. The Bertz CT molecular complexity index is 557. The largest absolute Gasteiger partial charge is 0.369 e. The Kier molecular flexibility index (Phi) is 6.65. The van der Waals surface area contributed by atoms with E-state index < -0.39 is 5.41 Å². The normalized spacial score (nSPS) is 14.3. The van der Waals surface area contributed by atoms with Crippen LogP contribution in [0.3, 0.4) is 0 Å². The van der Waals surface area contributed by atoms with E-state index in [4.69, 9.17) is 5.73 Å². The van der Waals surface area contributed by atoms with Crippen molar-refractivity contribution in [3.05, 3.63) is 29.8 Å². The van der Waals surface area contributed by atoms with Crippen molar-refractivity contribution >= 4 is 41.5 Å². The average molecular weight is 416 g/mol. The number of hydrogen-bond acceptors (Lipinski definition) is 2. The van der Waals surface area contributed by atoms with Crippen molar-refractivity contribution in [3.8, 4) is 0 Å². The van der Waals surface area contributed by atoms with Gasteiger partial charge in [0.1, 0.15) is 0 Å². The van der Waals surface area contributed by atoms with E-state index in [0.29, 0.717) is 6.54 Å². The maximum Gasteiger partial charge on any atom is 0.224 e. The van der Waals surface area contributed by atoms with Gasteiger partial charge in [0.15, 0.2) is 5.96 Å². The molecule has 1 aliphatic rings. The molecule has 3 N–H and O–H groups in total. The number of fused-ring (bicyclic) bond motifs is 1. The number of primary amides is 1. The molecule has 2 rings (SSSR count). The number of halogens is 1. The molecule has 1 amide bonds. The van der Waals surface area contributed by atoms with Crippen LogP contribution in [0.4, 0.5) is 5.69 Å². The number of carbonyl (C=O) groups is 1. The monoisotopic (exact) mass is 416 g/mol. The van der Waals surface area contributed by atoms with Gasteiger partial charge in [0.05, 0.1) is 12.0 Å². The van der Waals surface area contributed by atoms with Gasteiger partial charge in [0, 0.05) is 18.8 Å². The van der Waals surface area contributed by atoms with Crippen molar-refractivity contribution in [2.75, 3.05) is 24.5 Å². The Labute approximate surface area is 149 Å². The van der Waals surface area contributed by atoms with E-state index in [0.717, 1.165) is 25.5 Å². The minimum Gasteiger partial charge on any atom is -0.369 e. The number of nitrogens with one attached hydrogen (secondary N) is 1. The Hall–Kier alpha value is -1.31. The summed E-state index contributed by atoms with van der Waals surface area (Å²) in [6.45, 7) is 7.75. The molecule has 0 radical (unpaired) electrons. The van der Waals surface area contributed by atoms with Gasteiger partial charge in [-0.3, -0.25) is 9.79 Å². The van der Waals surface area contributed by atoms with Crippen molar-refractivity contribution in [3.63, 3.8) is 0 Å². The fourth-order valence-electron chi connectivity index (χ4n) is 2.30. The van der Waals surface area contributed by atoms with Crippen LogP contribution in [0.15, 0.2) is 29.3 Å². The molecule has 0 aromatic heterocycles. The standard InChI is InChI=1S/C16H24N4O.HI/c1-4-18-15(19-11-16(2,3)14(17)21)20-10-9-12-7-5-6-8-13(12)20;/h5-8H,4,9-11H2,1-3H3,(H2,17,21)(H,18,19);1H. The summed E-state index contributed by atoms with van der Waals surface area (Å²) in [6, 6.07) is 8.34. The molecule has 0 bridgehead atoms. The van der Waals surface area contributed by atoms with Crippen molar-refractivity contribution in [2.45, 2.75) is 27.2 Å². The number of hydrogen-bond donors (Lipinski definition) is 2. The van der Waals surface area contributed by atoms with Gasteiger partial charge in [-0.1, -0.05) is 18.2 Å². The van der Waals surface area contributed by atoms with E-state index in [1.807, 2.05) is 26.8 Å². The number of anilines is 1. The molecule has 0 fully saturated rings. The summed E-state index contributed by atoms with van der Waals surface area (Å²) in [7, 11) is 0. The molecule has 1 aromatic carbocycles. The minimum absolute atomic E-state index is 0. The molecule has 1 aromatic rings. The van der Waals surface area contributed by atoms with Crippen LogP contribution in [0.1, 0.15) is 26.3 Å². The maximum atomic E-state index is 11.4. The first-order chi connectivity index (χ1) is 9.95. The number of benzene rings is 1. The number of carbonyl (C=O) groups excluding carboxylic acids is 1. The summed E-state index contributed by atoms with van der Waals surface area (Å²) in [5.41, 5.74) is 7.30. The topological polar surface area (TPSA) is 70.7 Å². The Morgan fingerprint density at radius 2 is 2.09 bits per heavy atom. The van der Waals surface area contributed by atoms with Crippen LogP contribution >= 0.6 is 24.0 Å². The molecule has 1 heterocycles. The highest BCUT2D eigenvalue weighted by molar-refractivity contribution is 14.0. The molecule has 0 saturated carbocycles. The molecular weight excluding hydrogens is 391 g/mol. The third-order valence-electron chi connectivity index (χ3n) is 3.77. The highest BCUT2D eigenvalue weighted by Gasteiger charge is 2.27. The van der Waals surface area contributed by atoms with Crippen LogP contribution in [-0.4, -0.2) is 31.5 Å². The van der Waals surface area contributed by atoms with Gasteiger partial charge >= 0.3 is 0 Å². The van der Waals surface area contributed by atoms with E-state index >= 15 is 0 Å². The highest BCUT2D eigenvalue weighted by atomic mass is 127. The summed E-state index contributed by atoms with van der Waals surface area (Å²) < 4.78 is 0. The van der Waals surface area contributed by atoms with Gasteiger partial charge in [-0.15, -0.1) is 24.0 Å². The van der Waals surface area contributed by atoms with E-state index in [-0.39, 0.29) is 29.9 Å². The number of guanidine groups is 1. The summed E-state index contributed by atoms with van der Waals surface area (Å²) in [5.74, 6) is 0.487. The van der Waals surface area contributed by atoms with Crippen LogP contribution in [0, 0.1) is 5.41 Å². The predicted octanol–water partition coefficient (Wildman–Crippen LogP) is 2.14. The predicted molar refractivity (Wildman–Crippen MR) is 102 cm³/mol. The second-order valence-corrected chi connectivity index (χ2v) is 5.95. The van der Waals surface area contributed by atoms with Crippen LogP contribution < -0.4 is 16.0 Å². The zero-order valence-corrected chi connectivity index (χ0v) is 15.8. The molecule has 0 aliphatic carbocycles. The lowest BCUT2D eigenvalue weighted by Gasteiger charge is -2.24. The van der Waals surface area contributed by atoms with Gasteiger partial charge in [-0.05, 0) is 38.8 Å². The molecule has 6 heteroatoms. The van der Waals surface area contributed by atoms with E-state index in [9.17, 15) is 4.79 Å². The van der Waals surface area contributed by atoms with Crippen LogP contribution in [-0.2, 0) is 11.2 Å². The van der Waals surface area contributed by atoms with Crippen molar-refractivity contribution in [1.82, 2.24) is 5.32 Å². The van der Waals surface area contributed by atoms with Crippen molar-refractivity contribution < 1.29 is 4.79 Å². The SMILES string of the molecule is CCNC(=NCC(C)(C)C(N)=O)N1CCc2ccccc21.I. The highest BCUT2D eigenvalue weighted by Crippen LogP contribution is 2.27. The fraction of sp³-hybridized carbons (Fsp3) is 0.500. The van der Waals surface area contributed by atoms with Crippen molar-refractivity contribution in [1.29, 1.82) is 0 Å². The molecule has 122 valence electrons. The van der Waals surface area contributed by atoms with Gasteiger partial charge in [-0.2, -0.15) is 0 Å². The second-order valence-electron chi connectivity index (χ2n) is 5.95. The van der Waals surface area contributed by atoms with E-state index in [1.54, 1.807) is 0 Å². The van der Waals surface area contributed by atoms with E-state index in [1.165, 1.54) is 11.3 Å². The summed E-state index contributed by atoms with van der Waals surface area (Å²) >= 11 is 0. The smallest absolute Gasteiger partial charge is 0.224 e. The zero-order chi connectivity index (χ0) is 15.5. The Balaban J connectivity index is 0.00000242. The van der Waals surface area contributed by atoms with E-state index in [2.05, 4.69) is 33.4 Å². The Morgan fingerprint density at radius 3 is 2.73 bits per heavy atom. The zero-order valence-electron chi connectivity index (χ0n) is 13.4. The summed E-state index contributed by atoms with van der Waals surface area (Å²) in [4.78, 5) is 18.2. The number of nitrogens with zero attached hydrogens (tertiary/aromatic N) is 2. The average Bonchev–Trinajstić information content (AvgIpc) is 2.87. The molecule has 0 unspecified atom stereocenters. The quantitative estimate of drug-likeness (QED) is 0.449. The van der Waals surface area contributed by atoms with Crippen LogP contribution in [0.5, 0.6) is 0 Å². The Morgan fingerprint density at radius 1 is 1.41 bits per heavy atom. The number of aliphatic imine (C=N–C) groups is 1. The number of nitrogens with two attached hydrogens (primary N) is 1. The molecule has 0 atom stereocenters. The summed E-state index contributed by atoms with van der Waals surface area (Å²) in [5, 5.41) is 3.30.